The lowest BCUT2D eigenvalue weighted by atomic mass is 9.72. The fraction of sp³-hybridized carbons (Fsp3) is 0.812. The number of nitrogens with zero attached hydrogens (tertiary/aromatic N) is 3. The summed E-state index contributed by atoms with van der Waals surface area (Å²) < 4.78 is 34.0. The Labute approximate surface area is 139 Å². The van der Waals surface area contributed by atoms with Crippen molar-refractivity contribution in [2.75, 3.05) is 39.9 Å². The van der Waals surface area contributed by atoms with E-state index < -0.39 is 10.2 Å². The van der Waals surface area contributed by atoms with Crippen molar-refractivity contribution in [1.82, 2.24) is 8.61 Å². The van der Waals surface area contributed by atoms with Gasteiger partial charge in [-0.3, -0.25) is 0 Å². The number of hydrogen-bond donors (Lipinski definition) is 0. The monoisotopic (exact) mass is 341 g/mol. The molecule has 1 saturated heterocycles. The van der Waals surface area contributed by atoms with Gasteiger partial charge >= 0.3 is 0 Å². The van der Waals surface area contributed by atoms with Gasteiger partial charge in [0, 0.05) is 39.7 Å². The number of nitriles is 1. The third-order valence-corrected chi connectivity index (χ3v) is 6.84. The number of rotatable bonds is 7. The standard InChI is InChI=1S/C16H27N3O3S/c1-22-14-13-18(12-6-10-17)23(20,21)19-11-5-9-16(15-19)7-3-2-4-8-16/h2-3H,4-9,11-15H2,1H3/t16-/m1/s1. The summed E-state index contributed by atoms with van der Waals surface area (Å²) in [5, 5.41) is 8.79. The van der Waals surface area contributed by atoms with Crippen LogP contribution in [0.3, 0.4) is 0 Å². The molecule has 1 fully saturated rings. The number of ether oxygens (including phenoxy) is 1. The molecule has 1 aliphatic heterocycles. The van der Waals surface area contributed by atoms with Crippen molar-refractivity contribution in [3.8, 4) is 6.07 Å². The topological polar surface area (TPSA) is 73.6 Å². The van der Waals surface area contributed by atoms with Crippen LogP contribution in [0.25, 0.3) is 0 Å². The molecular formula is C16H27N3O3S. The first-order valence-corrected chi connectivity index (χ1v) is 9.70. The Kier molecular flexibility index (Phi) is 6.60. The zero-order valence-corrected chi connectivity index (χ0v) is 14.7. The van der Waals surface area contributed by atoms with Crippen molar-refractivity contribution >= 4 is 10.2 Å². The summed E-state index contributed by atoms with van der Waals surface area (Å²) in [6.45, 7) is 2.03. The average Bonchev–Trinajstić information content (AvgIpc) is 2.55. The molecule has 6 nitrogen and oxygen atoms in total. The Hall–Kier alpha value is -0.940. The van der Waals surface area contributed by atoms with Crippen molar-refractivity contribution in [1.29, 1.82) is 5.26 Å². The van der Waals surface area contributed by atoms with E-state index in [4.69, 9.17) is 10.00 Å². The summed E-state index contributed by atoms with van der Waals surface area (Å²) in [6, 6.07) is 2.03. The molecule has 130 valence electrons. The van der Waals surface area contributed by atoms with Crippen molar-refractivity contribution in [3.63, 3.8) is 0 Å². The number of hydrogen-bond acceptors (Lipinski definition) is 4. The van der Waals surface area contributed by atoms with Crippen LogP contribution < -0.4 is 0 Å². The SMILES string of the molecule is COCCN(CCC#N)S(=O)(=O)N1CCC[C@]2(CC=CCC2)C1. The van der Waals surface area contributed by atoms with Crippen LogP contribution in [-0.4, -0.2) is 56.9 Å². The van der Waals surface area contributed by atoms with Gasteiger partial charge in [-0.15, -0.1) is 0 Å². The Bertz CT molecular complexity index is 555. The summed E-state index contributed by atoms with van der Waals surface area (Å²) >= 11 is 0. The van der Waals surface area contributed by atoms with Gasteiger partial charge in [0.15, 0.2) is 0 Å². The molecule has 0 aromatic carbocycles. The zero-order valence-electron chi connectivity index (χ0n) is 13.9. The smallest absolute Gasteiger partial charge is 0.282 e. The summed E-state index contributed by atoms with van der Waals surface area (Å²) in [4.78, 5) is 0. The van der Waals surface area contributed by atoms with Crippen molar-refractivity contribution < 1.29 is 13.2 Å². The van der Waals surface area contributed by atoms with Gasteiger partial charge < -0.3 is 4.74 Å². The number of methoxy groups -OCH3 is 1. The van der Waals surface area contributed by atoms with Gasteiger partial charge in [0.25, 0.3) is 10.2 Å². The molecule has 0 aromatic rings. The van der Waals surface area contributed by atoms with Gasteiger partial charge in [-0.25, -0.2) is 0 Å². The molecule has 0 bridgehead atoms. The second-order valence-corrected chi connectivity index (χ2v) is 8.39. The van der Waals surface area contributed by atoms with Gasteiger partial charge in [0.2, 0.25) is 0 Å². The van der Waals surface area contributed by atoms with Crippen LogP contribution in [-0.2, 0) is 14.9 Å². The van der Waals surface area contributed by atoms with Crippen LogP contribution in [0.15, 0.2) is 12.2 Å². The minimum absolute atomic E-state index is 0.0994. The maximum Gasteiger partial charge on any atom is 0.282 e. The van der Waals surface area contributed by atoms with Crippen LogP contribution in [0.5, 0.6) is 0 Å². The van der Waals surface area contributed by atoms with Gasteiger partial charge in [0.1, 0.15) is 0 Å². The first-order chi connectivity index (χ1) is 11.0. The highest BCUT2D eigenvalue weighted by Gasteiger charge is 2.41. The van der Waals surface area contributed by atoms with Gasteiger partial charge in [-0.1, -0.05) is 12.2 Å². The number of piperidine rings is 1. The molecule has 1 aliphatic carbocycles. The Balaban J connectivity index is 2.11. The van der Waals surface area contributed by atoms with Crippen molar-refractivity contribution in [3.05, 3.63) is 12.2 Å². The highest BCUT2D eigenvalue weighted by molar-refractivity contribution is 7.86. The molecule has 2 rings (SSSR count). The van der Waals surface area contributed by atoms with E-state index in [1.165, 1.54) is 4.31 Å². The molecule has 0 amide bonds. The lowest BCUT2D eigenvalue weighted by Crippen LogP contribution is -2.52. The molecule has 0 aromatic heterocycles. The Morgan fingerprint density at radius 3 is 2.83 bits per heavy atom. The number of allylic oxidation sites excluding steroid dienone is 2. The normalized spacial score (nSPS) is 25.8. The molecule has 1 spiro atoms. The first-order valence-electron chi connectivity index (χ1n) is 8.30. The molecule has 2 aliphatic rings. The fourth-order valence-corrected chi connectivity index (χ4v) is 5.30. The third-order valence-electron chi connectivity index (χ3n) is 4.86. The first kappa shape index (κ1) is 18.4. The molecule has 7 heteroatoms. The Morgan fingerprint density at radius 2 is 2.17 bits per heavy atom. The summed E-state index contributed by atoms with van der Waals surface area (Å²) in [5.41, 5.74) is 0.0994. The molecule has 0 N–H and O–H groups in total. The van der Waals surface area contributed by atoms with E-state index in [1.807, 2.05) is 6.07 Å². The Morgan fingerprint density at radius 1 is 1.35 bits per heavy atom. The second-order valence-electron chi connectivity index (χ2n) is 6.46. The lowest BCUT2D eigenvalue weighted by Gasteiger charge is -2.44. The molecule has 23 heavy (non-hydrogen) atoms. The third kappa shape index (κ3) is 4.54. The van der Waals surface area contributed by atoms with E-state index in [-0.39, 0.29) is 18.4 Å². The second kappa shape index (κ2) is 8.25. The van der Waals surface area contributed by atoms with Crippen LogP contribution in [0, 0.1) is 16.7 Å². The molecule has 1 heterocycles. The van der Waals surface area contributed by atoms with E-state index in [9.17, 15) is 8.42 Å². The summed E-state index contributed by atoms with van der Waals surface area (Å²) in [7, 11) is -1.98. The van der Waals surface area contributed by atoms with E-state index >= 15 is 0 Å². The van der Waals surface area contributed by atoms with Gasteiger partial charge in [-0.05, 0) is 37.5 Å². The molecule has 1 atom stereocenters. The van der Waals surface area contributed by atoms with E-state index in [0.717, 1.165) is 32.1 Å². The fourth-order valence-electron chi connectivity index (χ4n) is 3.55. The largest absolute Gasteiger partial charge is 0.383 e. The quantitative estimate of drug-likeness (QED) is 0.663. The van der Waals surface area contributed by atoms with Crippen LogP contribution >= 0.6 is 0 Å². The van der Waals surface area contributed by atoms with E-state index in [1.54, 1.807) is 11.4 Å². The highest BCUT2D eigenvalue weighted by Crippen LogP contribution is 2.41. The zero-order chi connectivity index (χ0) is 16.8. The van der Waals surface area contributed by atoms with Gasteiger partial charge in [0.05, 0.1) is 12.7 Å². The maximum absolute atomic E-state index is 13.0. The summed E-state index contributed by atoms with van der Waals surface area (Å²) in [5.74, 6) is 0. The average molecular weight is 341 g/mol. The van der Waals surface area contributed by atoms with Crippen LogP contribution in [0.1, 0.15) is 38.5 Å². The molecule has 0 saturated carbocycles. The maximum atomic E-state index is 13.0. The van der Waals surface area contributed by atoms with Crippen molar-refractivity contribution in [2.45, 2.75) is 38.5 Å². The van der Waals surface area contributed by atoms with E-state index in [2.05, 4.69) is 12.2 Å². The molecular weight excluding hydrogens is 314 g/mol. The van der Waals surface area contributed by atoms with Crippen LogP contribution in [0.4, 0.5) is 0 Å². The lowest BCUT2D eigenvalue weighted by molar-refractivity contribution is 0.123. The van der Waals surface area contributed by atoms with Crippen LogP contribution in [0.2, 0.25) is 0 Å². The van der Waals surface area contributed by atoms with Gasteiger partial charge in [-0.2, -0.15) is 22.3 Å². The highest BCUT2D eigenvalue weighted by atomic mass is 32.2. The van der Waals surface area contributed by atoms with Crippen molar-refractivity contribution in [2.24, 2.45) is 5.41 Å². The minimum atomic E-state index is -3.53. The predicted octanol–water partition coefficient (Wildman–Crippen LogP) is 1.92. The predicted molar refractivity (Wildman–Crippen MR) is 88.8 cm³/mol. The molecule has 0 radical (unpaired) electrons. The minimum Gasteiger partial charge on any atom is -0.383 e. The summed E-state index contributed by atoms with van der Waals surface area (Å²) in [6.07, 6.45) is 9.65. The van der Waals surface area contributed by atoms with E-state index in [0.29, 0.717) is 26.2 Å². The molecule has 0 unspecified atom stereocenters.